The Kier molecular flexibility index (Phi) is 8.46. The van der Waals surface area contributed by atoms with E-state index in [0.717, 1.165) is 10.5 Å². The second-order valence-electron chi connectivity index (χ2n) is 6.98. The summed E-state index contributed by atoms with van der Waals surface area (Å²) in [5, 5.41) is 22.0. The molecule has 10 nitrogen and oxygen atoms in total. The quantitative estimate of drug-likeness (QED) is 0.435. The molecule has 0 radical (unpaired) electrons. The highest BCUT2D eigenvalue weighted by Gasteiger charge is 2.23. The largest absolute Gasteiger partial charge is 0.505 e. The zero-order valence-electron chi connectivity index (χ0n) is 18.5. The Bertz CT molecular complexity index is 1210. The number of nitrogens with two attached hydrogens (primary N) is 1. The maximum atomic E-state index is 13.2. The first kappa shape index (κ1) is 25.3. The molecular formula is C22H26FN5O5. The van der Waals surface area contributed by atoms with Crippen molar-refractivity contribution in [3.05, 3.63) is 69.4 Å². The Morgan fingerprint density at radius 2 is 1.85 bits per heavy atom. The number of nitrogens with zero attached hydrogens (tertiary/aromatic N) is 3. The molecule has 3 rings (SSSR count). The third-order valence-corrected chi connectivity index (χ3v) is 4.90. The van der Waals surface area contributed by atoms with Crippen LogP contribution in [0.1, 0.15) is 21.5 Å². The van der Waals surface area contributed by atoms with Gasteiger partial charge < -0.3 is 30.7 Å². The molecule has 0 saturated carbocycles. The molecule has 0 aliphatic rings. The van der Waals surface area contributed by atoms with Gasteiger partial charge in [-0.3, -0.25) is 14.6 Å². The molecule has 3 aromatic rings. The summed E-state index contributed by atoms with van der Waals surface area (Å²) in [7, 11) is 4.18. The van der Waals surface area contributed by atoms with Crippen LogP contribution in [-0.4, -0.2) is 64.4 Å². The van der Waals surface area contributed by atoms with Crippen LogP contribution in [0, 0.1) is 5.82 Å². The van der Waals surface area contributed by atoms with E-state index >= 15 is 0 Å². The molecule has 11 heteroatoms. The van der Waals surface area contributed by atoms with Crippen molar-refractivity contribution in [2.24, 2.45) is 5.73 Å². The summed E-state index contributed by atoms with van der Waals surface area (Å²) in [6.45, 7) is -0.0748. The monoisotopic (exact) mass is 459 g/mol. The van der Waals surface area contributed by atoms with Crippen molar-refractivity contribution in [1.82, 2.24) is 19.8 Å². The van der Waals surface area contributed by atoms with Crippen LogP contribution in [0.5, 0.6) is 5.75 Å². The second kappa shape index (κ2) is 11.0. The van der Waals surface area contributed by atoms with Crippen LogP contribution in [0.2, 0.25) is 0 Å². The summed E-state index contributed by atoms with van der Waals surface area (Å²) in [4.78, 5) is 41.5. The van der Waals surface area contributed by atoms with Gasteiger partial charge in [-0.25, -0.2) is 9.18 Å². The highest BCUT2D eigenvalue weighted by Crippen LogP contribution is 2.26. The summed E-state index contributed by atoms with van der Waals surface area (Å²) in [5.41, 5.74) is 5.07. The molecule has 2 heterocycles. The molecule has 0 unspecified atom stereocenters. The summed E-state index contributed by atoms with van der Waals surface area (Å²) in [6, 6.07) is 7.56. The third kappa shape index (κ3) is 5.63. The number of amides is 2. The van der Waals surface area contributed by atoms with Gasteiger partial charge in [0.25, 0.3) is 11.5 Å². The second-order valence-corrected chi connectivity index (χ2v) is 6.98. The van der Waals surface area contributed by atoms with E-state index < -0.39 is 28.9 Å². The number of carboxylic acid groups (broad SMARTS) is 1. The molecule has 0 fully saturated rings. The van der Waals surface area contributed by atoms with Crippen molar-refractivity contribution in [1.29, 1.82) is 0 Å². The number of carbonyl (C=O) groups excluding carboxylic acids is 1. The molecule has 0 aliphatic heterocycles. The maximum absolute atomic E-state index is 13.2. The van der Waals surface area contributed by atoms with Crippen molar-refractivity contribution >= 4 is 23.0 Å². The fourth-order valence-electron chi connectivity index (χ4n) is 3.18. The van der Waals surface area contributed by atoms with Gasteiger partial charge in [0.2, 0.25) is 0 Å². The van der Waals surface area contributed by atoms with Gasteiger partial charge in [-0.1, -0.05) is 12.1 Å². The van der Waals surface area contributed by atoms with E-state index in [9.17, 15) is 23.9 Å². The lowest BCUT2D eigenvalue weighted by molar-refractivity contribution is 0.0958. The number of halogens is 1. The van der Waals surface area contributed by atoms with Gasteiger partial charge in [0.1, 0.15) is 16.9 Å². The van der Waals surface area contributed by atoms with Gasteiger partial charge in [-0.2, -0.15) is 0 Å². The van der Waals surface area contributed by atoms with E-state index in [0.29, 0.717) is 12.0 Å². The standard InChI is InChI=1S/C21H21FN4O5.CH5N/c1-23-19(28)16-18(27)17-15(26(20(16)29)8-7-25(2)21(30)31)10-13(11-24-17)9-12-3-5-14(22)6-4-12;1-2/h3-6,10-11,27H,7-9H2,1-2H3,(H,23,28)(H,30,31);2H2,1H3. The number of aromatic hydroxyl groups is 1. The van der Waals surface area contributed by atoms with Gasteiger partial charge in [0.15, 0.2) is 5.75 Å². The van der Waals surface area contributed by atoms with Crippen molar-refractivity contribution in [2.75, 3.05) is 27.7 Å². The van der Waals surface area contributed by atoms with Gasteiger partial charge in [-0.05, 0) is 42.8 Å². The minimum Gasteiger partial charge on any atom is -0.505 e. The summed E-state index contributed by atoms with van der Waals surface area (Å²) in [5.74, 6) is -1.68. The fourth-order valence-corrected chi connectivity index (χ4v) is 3.18. The number of nitrogens with one attached hydrogen (secondary N) is 1. The average molecular weight is 459 g/mol. The van der Waals surface area contributed by atoms with Crippen molar-refractivity contribution in [3.8, 4) is 5.75 Å². The predicted octanol–water partition coefficient (Wildman–Crippen LogP) is 1.38. The Morgan fingerprint density at radius 1 is 1.21 bits per heavy atom. The van der Waals surface area contributed by atoms with Crippen LogP contribution in [0.3, 0.4) is 0 Å². The summed E-state index contributed by atoms with van der Waals surface area (Å²) < 4.78 is 14.4. The fraction of sp³-hybridized carbons (Fsp3) is 0.273. The number of rotatable bonds is 6. The zero-order chi connectivity index (χ0) is 24.7. The Balaban J connectivity index is 0.00000187. The molecule has 0 saturated heterocycles. The van der Waals surface area contributed by atoms with E-state index in [2.05, 4.69) is 16.0 Å². The topological polar surface area (TPSA) is 151 Å². The molecule has 33 heavy (non-hydrogen) atoms. The molecule has 2 amide bonds. The SMILES string of the molecule is CN.CNC(=O)c1c(O)c2ncc(Cc3ccc(F)cc3)cc2n(CCN(C)C(=O)O)c1=O. The van der Waals surface area contributed by atoms with E-state index in [-0.39, 0.29) is 29.9 Å². The smallest absolute Gasteiger partial charge is 0.407 e. The van der Waals surface area contributed by atoms with Gasteiger partial charge in [0, 0.05) is 33.4 Å². The number of hydrogen-bond acceptors (Lipinski definition) is 6. The molecule has 2 aromatic heterocycles. The lowest BCUT2D eigenvalue weighted by Crippen LogP contribution is -2.35. The van der Waals surface area contributed by atoms with Crippen molar-refractivity contribution < 1.29 is 24.2 Å². The highest BCUT2D eigenvalue weighted by molar-refractivity contribution is 6.01. The zero-order valence-corrected chi connectivity index (χ0v) is 18.5. The minimum atomic E-state index is -1.17. The van der Waals surface area contributed by atoms with Gasteiger partial charge in [0.05, 0.1) is 5.52 Å². The lowest BCUT2D eigenvalue weighted by atomic mass is 10.1. The van der Waals surface area contributed by atoms with Crippen LogP contribution in [0.25, 0.3) is 11.0 Å². The number of fused-ring (bicyclic) bond motifs is 1. The van der Waals surface area contributed by atoms with E-state index in [1.54, 1.807) is 18.2 Å². The number of carbonyl (C=O) groups is 2. The first-order valence-electron chi connectivity index (χ1n) is 9.95. The lowest BCUT2D eigenvalue weighted by Gasteiger charge is -2.18. The normalized spacial score (nSPS) is 10.3. The van der Waals surface area contributed by atoms with E-state index in [1.165, 1.54) is 44.0 Å². The molecule has 5 N–H and O–H groups in total. The van der Waals surface area contributed by atoms with Crippen molar-refractivity contribution in [2.45, 2.75) is 13.0 Å². The highest BCUT2D eigenvalue weighted by atomic mass is 19.1. The number of pyridine rings is 2. The van der Waals surface area contributed by atoms with E-state index in [4.69, 9.17) is 5.11 Å². The third-order valence-electron chi connectivity index (χ3n) is 4.90. The van der Waals surface area contributed by atoms with Crippen LogP contribution >= 0.6 is 0 Å². The van der Waals surface area contributed by atoms with Crippen LogP contribution in [0.4, 0.5) is 9.18 Å². The van der Waals surface area contributed by atoms with Gasteiger partial charge >= 0.3 is 6.09 Å². The molecule has 0 bridgehead atoms. The number of benzene rings is 1. The van der Waals surface area contributed by atoms with Crippen LogP contribution in [0.15, 0.2) is 41.3 Å². The molecular weight excluding hydrogens is 433 g/mol. The molecule has 0 aliphatic carbocycles. The van der Waals surface area contributed by atoms with E-state index in [1.807, 2.05) is 0 Å². The summed E-state index contributed by atoms with van der Waals surface area (Å²) in [6.07, 6.45) is 0.722. The number of aromatic nitrogens is 2. The number of hydrogen-bond donors (Lipinski definition) is 4. The first-order chi connectivity index (χ1) is 15.7. The van der Waals surface area contributed by atoms with Crippen LogP contribution in [-0.2, 0) is 13.0 Å². The molecule has 176 valence electrons. The summed E-state index contributed by atoms with van der Waals surface area (Å²) >= 11 is 0. The molecule has 1 aromatic carbocycles. The Hall–Kier alpha value is -3.99. The number of likely N-dealkylation sites (N-methyl/N-ethyl adjacent to an activating group) is 1. The van der Waals surface area contributed by atoms with Crippen molar-refractivity contribution in [3.63, 3.8) is 0 Å². The minimum absolute atomic E-state index is 0.0233. The first-order valence-corrected chi connectivity index (χ1v) is 9.95. The Morgan fingerprint density at radius 3 is 2.42 bits per heavy atom. The molecule has 0 atom stereocenters. The van der Waals surface area contributed by atoms with Gasteiger partial charge in [-0.15, -0.1) is 0 Å². The molecule has 0 spiro atoms. The predicted molar refractivity (Wildman–Crippen MR) is 121 cm³/mol. The van der Waals surface area contributed by atoms with Crippen LogP contribution < -0.4 is 16.6 Å². The maximum Gasteiger partial charge on any atom is 0.407 e. The Labute approximate surface area is 189 Å². The average Bonchev–Trinajstić information content (AvgIpc) is 2.81.